The zero-order valence-corrected chi connectivity index (χ0v) is 14.0. The highest BCUT2D eigenvalue weighted by Crippen LogP contribution is 2.27. The minimum atomic E-state index is 0.0723. The summed E-state index contributed by atoms with van der Waals surface area (Å²) in [5, 5.41) is 4.76. The lowest BCUT2D eigenvalue weighted by atomic mass is 10.0. The normalized spacial score (nSPS) is 13.7. The van der Waals surface area contributed by atoms with Crippen LogP contribution in [-0.4, -0.2) is 10.9 Å². The maximum absolute atomic E-state index is 11.9. The van der Waals surface area contributed by atoms with Crippen LogP contribution in [0.1, 0.15) is 40.4 Å². The van der Waals surface area contributed by atoms with Crippen LogP contribution in [0.2, 0.25) is 5.02 Å². The fraction of sp³-hybridized carbons (Fsp3) is 0.412. The van der Waals surface area contributed by atoms with E-state index in [4.69, 9.17) is 11.6 Å². The Hall–Kier alpha value is -1.39. The lowest BCUT2D eigenvalue weighted by molar-refractivity contribution is -0.121. The number of carbonyl (C=O) groups is 1. The van der Waals surface area contributed by atoms with Crippen molar-refractivity contribution in [2.24, 2.45) is 0 Å². The zero-order valence-electron chi connectivity index (χ0n) is 12.4. The Balaban J connectivity index is 1.46. The van der Waals surface area contributed by atoms with Gasteiger partial charge in [0.15, 0.2) is 0 Å². The summed E-state index contributed by atoms with van der Waals surface area (Å²) in [6, 6.07) is 7.53. The van der Waals surface area contributed by atoms with Crippen LogP contribution in [0.15, 0.2) is 24.3 Å². The fourth-order valence-corrected chi connectivity index (χ4v) is 3.91. The second-order valence-electron chi connectivity index (χ2n) is 5.59. The van der Waals surface area contributed by atoms with Gasteiger partial charge in [0.1, 0.15) is 0 Å². The van der Waals surface area contributed by atoms with Crippen LogP contribution in [0, 0.1) is 0 Å². The number of aromatic nitrogens is 1. The van der Waals surface area contributed by atoms with Crippen LogP contribution in [0.4, 0.5) is 0 Å². The first-order valence-corrected chi connectivity index (χ1v) is 8.89. The van der Waals surface area contributed by atoms with Gasteiger partial charge in [-0.3, -0.25) is 4.79 Å². The molecule has 1 N–H and O–H groups in total. The Labute approximate surface area is 139 Å². The van der Waals surface area contributed by atoms with E-state index in [2.05, 4.69) is 10.3 Å². The average Bonchev–Trinajstić information content (AvgIpc) is 2.95. The largest absolute Gasteiger partial charge is 0.352 e. The van der Waals surface area contributed by atoms with Gasteiger partial charge < -0.3 is 5.32 Å². The number of nitrogens with one attached hydrogen (secondary N) is 1. The summed E-state index contributed by atoms with van der Waals surface area (Å²) in [5.74, 6) is 0.0723. The van der Waals surface area contributed by atoms with Gasteiger partial charge in [0.25, 0.3) is 0 Å². The van der Waals surface area contributed by atoms with E-state index in [1.54, 1.807) is 11.3 Å². The summed E-state index contributed by atoms with van der Waals surface area (Å²) in [5.41, 5.74) is 2.33. The number of halogens is 1. The molecule has 1 aromatic carbocycles. The highest BCUT2D eigenvalue weighted by Gasteiger charge is 2.15. The molecule has 3 nitrogen and oxygen atoms in total. The molecule has 1 aromatic heterocycles. The van der Waals surface area contributed by atoms with Gasteiger partial charge >= 0.3 is 0 Å². The Kier molecular flexibility index (Phi) is 5.11. The summed E-state index contributed by atoms with van der Waals surface area (Å²) in [7, 11) is 0. The van der Waals surface area contributed by atoms with Crippen molar-refractivity contribution in [3.8, 4) is 0 Å². The van der Waals surface area contributed by atoms with Gasteiger partial charge in [-0.25, -0.2) is 4.98 Å². The first-order chi connectivity index (χ1) is 10.7. The summed E-state index contributed by atoms with van der Waals surface area (Å²) in [6.07, 6.45) is 6.03. The van der Waals surface area contributed by atoms with Crippen LogP contribution in [-0.2, 0) is 30.6 Å². The second-order valence-corrected chi connectivity index (χ2v) is 7.19. The van der Waals surface area contributed by atoms with E-state index in [0.717, 1.165) is 29.8 Å². The number of benzene rings is 1. The van der Waals surface area contributed by atoms with Crippen molar-refractivity contribution in [2.45, 2.75) is 45.1 Å². The molecule has 0 aliphatic heterocycles. The molecule has 0 atom stereocenters. The molecular formula is C17H19ClN2OS. The molecule has 1 heterocycles. The average molecular weight is 335 g/mol. The number of fused-ring (bicyclic) bond motifs is 1. The minimum Gasteiger partial charge on any atom is -0.352 e. The first-order valence-electron chi connectivity index (χ1n) is 7.69. The molecule has 1 amide bonds. The molecule has 0 radical (unpaired) electrons. The molecule has 0 saturated heterocycles. The second kappa shape index (κ2) is 7.25. The maximum Gasteiger partial charge on any atom is 0.220 e. The molecule has 1 aliphatic carbocycles. The quantitative estimate of drug-likeness (QED) is 0.900. The van der Waals surface area contributed by atoms with Crippen LogP contribution in [0.5, 0.6) is 0 Å². The number of hydrogen-bond acceptors (Lipinski definition) is 3. The molecular weight excluding hydrogens is 316 g/mol. The third kappa shape index (κ3) is 4.08. The molecule has 0 saturated carbocycles. The number of carbonyl (C=O) groups excluding carboxylic acids is 1. The van der Waals surface area contributed by atoms with Crippen LogP contribution < -0.4 is 5.32 Å². The summed E-state index contributed by atoms with van der Waals surface area (Å²) < 4.78 is 0. The van der Waals surface area contributed by atoms with E-state index in [0.29, 0.717) is 18.0 Å². The van der Waals surface area contributed by atoms with Crippen molar-refractivity contribution in [3.63, 3.8) is 0 Å². The third-order valence-corrected chi connectivity index (χ3v) is 5.33. The molecule has 0 unspecified atom stereocenters. The van der Waals surface area contributed by atoms with Gasteiger partial charge in [-0.05, 0) is 43.4 Å². The van der Waals surface area contributed by atoms with Crippen LogP contribution in [0.3, 0.4) is 0 Å². The van der Waals surface area contributed by atoms with E-state index in [1.165, 1.54) is 23.4 Å². The van der Waals surface area contributed by atoms with E-state index in [1.807, 2.05) is 24.3 Å². The number of thiazole rings is 1. The van der Waals surface area contributed by atoms with Crippen LogP contribution in [0.25, 0.3) is 0 Å². The Morgan fingerprint density at radius 1 is 1.23 bits per heavy atom. The minimum absolute atomic E-state index is 0.0723. The van der Waals surface area contributed by atoms with E-state index in [9.17, 15) is 4.79 Å². The summed E-state index contributed by atoms with van der Waals surface area (Å²) in [6.45, 7) is 0.546. The molecule has 3 rings (SSSR count). The molecule has 22 heavy (non-hydrogen) atoms. The van der Waals surface area contributed by atoms with E-state index in [-0.39, 0.29) is 5.91 Å². The zero-order chi connectivity index (χ0) is 15.4. The van der Waals surface area contributed by atoms with Crippen molar-refractivity contribution in [2.75, 3.05) is 0 Å². The van der Waals surface area contributed by atoms with E-state index >= 15 is 0 Å². The standard InChI is InChI=1S/C17H19ClN2OS/c18-13-7-5-12(6-8-13)11-19-16(21)9-10-17-20-14-3-1-2-4-15(14)22-17/h5-8H,1-4,9-11H2,(H,19,21). The van der Waals surface area contributed by atoms with Crippen molar-refractivity contribution < 1.29 is 4.79 Å². The van der Waals surface area contributed by atoms with E-state index < -0.39 is 0 Å². The molecule has 1 aliphatic rings. The highest BCUT2D eigenvalue weighted by atomic mass is 35.5. The van der Waals surface area contributed by atoms with Gasteiger partial charge in [0.2, 0.25) is 5.91 Å². The van der Waals surface area contributed by atoms with Crippen molar-refractivity contribution >= 4 is 28.8 Å². The smallest absolute Gasteiger partial charge is 0.220 e. The Morgan fingerprint density at radius 2 is 2.00 bits per heavy atom. The Bertz CT molecular complexity index is 628. The van der Waals surface area contributed by atoms with Gasteiger partial charge in [-0.1, -0.05) is 23.7 Å². The lowest BCUT2D eigenvalue weighted by Gasteiger charge is -2.06. The van der Waals surface area contributed by atoms with Gasteiger partial charge in [0, 0.05) is 29.3 Å². The number of nitrogens with zero attached hydrogens (tertiary/aromatic N) is 1. The number of aryl methyl sites for hydroxylation is 3. The predicted octanol–water partition coefficient (Wildman–Crippen LogP) is 3.92. The Morgan fingerprint density at radius 3 is 2.77 bits per heavy atom. The van der Waals surface area contributed by atoms with Gasteiger partial charge in [-0.2, -0.15) is 0 Å². The topological polar surface area (TPSA) is 42.0 Å². The first kappa shape index (κ1) is 15.5. The van der Waals surface area contributed by atoms with Gasteiger partial charge in [-0.15, -0.1) is 11.3 Å². The fourth-order valence-electron chi connectivity index (χ4n) is 2.62. The monoisotopic (exact) mass is 334 g/mol. The van der Waals surface area contributed by atoms with Crippen molar-refractivity contribution in [1.29, 1.82) is 0 Å². The highest BCUT2D eigenvalue weighted by molar-refractivity contribution is 7.11. The molecule has 2 aromatic rings. The summed E-state index contributed by atoms with van der Waals surface area (Å²) >= 11 is 7.63. The van der Waals surface area contributed by atoms with Crippen LogP contribution >= 0.6 is 22.9 Å². The molecule has 0 fully saturated rings. The molecule has 5 heteroatoms. The molecule has 0 bridgehead atoms. The molecule has 0 spiro atoms. The SMILES string of the molecule is O=C(CCc1nc2c(s1)CCCC2)NCc1ccc(Cl)cc1. The molecule has 116 valence electrons. The van der Waals surface area contributed by atoms with Crippen molar-refractivity contribution in [3.05, 3.63) is 50.4 Å². The number of rotatable bonds is 5. The maximum atomic E-state index is 11.9. The van der Waals surface area contributed by atoms with Crippen molar-refractivity contribution in [1.82, 2.24) is 10.3 Å². The number of hydrogen-bond donors (Lipinski definition) is 1. The van der Waals surface area contributed by atoms with Gasteiger partial charge in [0.05, 0.1) is 10.7 Å². The summed E-state index contributed by atoms with van der Waals surface area (Å²) in [4.78, 5) is 18.0. The predicted molar refractivity (Wildman–Crippen MR) is 90.4 cm³/mol. The third-order valence-electron chi connectivity index (χ3n) is 3.86. The number of amides is 1. The lowest BCUT2D eigenvalue weighted by Crippen LogP contribution is -2.22.